The largest absolute Gasteiger partial charge is 0.340 e. The number of hydrogen-bond acceptors (Lipinski definition) is 6. The van der Waals surface area contributed by atoms with Crippen molar-refractivity contribution in [3.8, 4) is 0 Å². The minimum atomic E-state index is -3.90. The first kappa shape index (κ1) is 26.3. The molecule has 3 rings (SSSR count). The molecule has 1 aliphatic rings. The molecule has 0 bridgehead atoms. The van der Waals surface area contributed by atoms with Crippen molar-refractivity contribution >= 4 is 56.5 Å². The average Bonchev–Trinajstić information content (AvgIpc) is 3.35. The highest BCUT2D eigenvalue weighted by atomic mass is 35.5. The highest BCUT2D eigenvalue weighted by molar-refractivity contribution is 7.92. The van der Waals surface area contributed by atoms with Gasteiger partial charge in [-0.1, -0.05) is 11.6 Å². The normalized spacial score (nSPS) is 16.7. The van der Waals surface area contributed by atoms with E-state index in [1.807, 2.05) is 19.0 Å². The van der Waals surface area contributed by atoms with Gasteiger partial charge in [-0.25, -0.2) is 12.8 Å². The zero-order valence-corrected chi connectivity index (χ0v) is 21.4. The molecule has 0 aliphatic carbocycles. The Morgan fingerprint density at radius 3 is 2.62 bits per heavy atom. The average molecular weight is 529 g/mol. The van der Waals surface area contributed by atoms with Gasteiger partial charge in [0.1, 0.15) is 11.9 Å². The van der Waals surface area contributed by atoms with E-state index < -0.39 is 27.8 Å². The molecule has 1 aliphatic heterocycles. The van der Waals surface area contributed by atoms with E-state index in [0.29, 0.717) is 22.3 Å². The van der Waals surface area contributed by atoms with Gasteiger partial charge in [-0.3, -0.25) is 9.59 Å². The number of carbonyl (C=O) groups excluding carboxylic acids is 2. The van der Waals surface area contributed by atoms with Gasteiger partial charge >= 0.3 is 0 Å². The van der Waals surface area contributed by atoms with Gasteiger partial charge in [-0.2, -0.15) is 4.72 Å². The van der Waals surface area contributed by atoms with Crippen LogP contribution in [0.25, 0.3) is 6.08 Å². The van der Waals surface area contributed by atoms with Crippen molar-refractivity contribution in [2.45, 2.75) is 12.5 Å². The standard InChI is InChI=1S/C22H26ClFN4O4S2/c1-26(2)11-12-27(3)21(29)15-4-6-19(17(24)14-15)28-10-8-18(22(28)30)25-34(31,32)13-9-16-5-7-20(23)33-16/h4-7,9,13-14,18,25H,8,10-12H2,1-3H3/b13-9+. The summed E-state index contributed by atoms with van der Waals surface area (Å²) in [7, 11) is 1.52. The number of hydrogen-bond donors (Lipinski definition) is 1. The molecule has 1 aromatic heterocycles. The molecule has 2 heterocycles. The molecule has 1 N–H and O–H groups in total. The van der Waals surface area contributed by atoms with Crippen LogP contribution < -0.4 is 9.62 Å². The number of halogens is 2. The van der Waals surface area contributed by atoms with E-state index in [-0.39, 0.29) is 30.1 Å². The van der Waals surface area contributed by atoms with Gasteiger partial charge < -0.3 is 14.7 Å². The molecule has 12 heteroatoms. The number of amides is 2. The molecule has 8 nitrogen and oxygen atoms in total. The summed E-state index contributed by atoms with van der Waals surface area (Å²) in [5.74, 6) is -1.61. The predicted molar refractivity (Wildman–Crippen MR) is 133 cm³/mol. The van der Waals surface area contributed by atoms with Gasteiger partial charge in [-0.05, 0) is 56.9 Å². The van der Waals surface area contributed by atoms with Gasteiger partial charge in [0, 0.05) is 42.5 Å². The first-order valence-electron chi connectivity index (χ1n) is 10.4. The molecule has 0 saturated carbocycles. The summed E-state index contributed by atoms with van der Waals surface area (Å²) >= 11 is 7.06. The number of nitrogens with zero attached hydrogens (tertiary/aromatic N) is 3. The van der Waals surface area contributed by atoms with Gasteiger partial charge in [0.15, 0.2) is 0 Å². The molecule has 2 aromatic rings. The van der Waals surface area contributed by atoms with E-state index >= 15 is 0 Å². The van der Waals surface area contributed by atoms with Crippen molar-refractivity contribution in [3.63, 3.8) is 0 Å². The number of rotatable bonds is 9. The van der Waals surface area contributed by atoms with Crippen molar-refractivity contribution in [1.82, 2.24) is 14.5 Å². The fourth-order valence-electron chi connectivity index (χ4n) is 3.37. The smallest absolute Gasteiger partial charge is 0.253 e. The molecular formula is C22H26ClFN4O4S2. The monoisotopic (exact) mass is 528 g/mol. The Morgan fingerprint density at radius 1 is 1.26 bits per heavy atom. The van der Waals surface area contributed by atoms with Crippen LogP contribution in [0.15, 0.2) is 35.7 Å². The van der Waals surface area contributed by atoms with Crippen LogP contribution in [0.3, 0.4) is 0 Å². The zero-order valence-electron chi connectivity index (χ0n) is 19.0. The fraction of sp³-hybridized carbons (Fsp3) is 0.364. The number of carbonyl (C=O) groups is 2. The highest BCUT2D eigenvalue weighted by Crippen LogP contribution is 2.27. The van der Waals surface area contributed by atoms with Crippen molar-refractivity contribution in [1.29, 1.82) is 0 Å². The molecule has 184 valence electrons. The van der Waals surface area contributed by atoms with Crippen LogP contribution in [0.2, 0.25) is 4.34 Å². The number of anilines is 1. The van der Waals surface area contributed by atoms with Crippen LogP contribution >= 0.6 is 22.9 Å². The minimum absolute atomic E-state index is 0.00274. The summed E-state index contributed by atoms with van der Waals surface area (Å²) in [5.41, 5.74) is 0.174. The molecule has 1 unspecified atom stereocenters. The quantitative estimate of drug-likeness (QED) is 0.540. The third-order valence-corrected chi connectivity index (χ3v) is 7.54. The fourth-order valence-corrected chi connectivity index (χ4v) is 5.44. The maximum absolute atomic E-state index is 14.9. The second kappa shape index (κ2) is 11.0. The Kier molecular flexibility index (Phi) is 8.47. The van der Waals surface area contributed by atoms with E-state index in [0.717, 1.165) is 11.5 Å². The Bertz CT molecular complexity index is 1200. The number of likely N-dealkylation sites (N-methyl/N-ethyl adjacent to an activating group) is 2. The second-order valence-corrected chi connectivity index (χ2v) is 11.5. The zero-order chi connectivity index (χ0) is 25.0. The van der Waals surface area contributed by atoms with Gasteiger partial charge in [0.05, 0.1) is 10.0 Å². The van der Waals surface area contributed by atoms with Crippen LogP contribution in [0.5, 0.6) is 0 Å². The molecule has 1 fully saturated rings. The topological polar surface area (TPSA) is 90.0 Å². The lowest BCUT2D eigenvalue weighted by Gasteiger charge is -2.21. The molecule has 0 spiro atoms. The predicted octanol–water partition coefficient (Wildman–Crippen LogP) is 2.87. The van der Waals surface area contributed by atoms with Crippen LogP contribution in [-0.2, 0) is 14.8 Å². The van der Waals surface area contributed by atoms with E-state index in [4.69, 9.17) is 11.6 Å². The number of nitrogens with one attached hydrogen (secondary N) is 1. The first-order valence-corrected chi connectivity index (χ1v) is 13.2. The molecule has 0 radical (unpaired) electrons. The molecule has 34 heavy (non-hydrogen) atoms. The van der Waals surface area contributed by atoms with Crippen molar-refractivity contribution in [2.75, 3.05) is 45.7 Å². The molecular weight excluding hydrogens is 503 g/mol. The van der Waals surface area contributed by atoms with E-state index in [2.05, 4.69) is 4.72 Å². The minimum Gasteiger partial charge on any atom is -0.340 e. The third kappa shape index (κ3) is 6.63. The van der Waals surface area contributed by atoms with Crippen molar-refractivity contribution in [3.05, 3.63) is 56.3 Å². The molecule has 2 amide bonds. The van der Waals surface area contributed by atoms with E-state index in [1.165, 1.54) is 39.3 Å². The Hall–Kier alpha value is -2.31. The first-order chi connectivity index (χ1) is 16.0. The lowest BCUT2D eigenvalue weighted by molar-refractivity contribution is -0.118. The third-order valence-electron chi connectivity index (χ3n) is 5.23. The maximum Gasteiger partial charge on any atom is 0.253 e. The summed E-state index contributed by atoms with van der Waals surface area (Å²) in [6.45, 7) is 1.29. The lowest BCUT2D eigenvalue weighted by atomic mass is 10.1. The summed E-state index contributed by atoms with van der Waals surface area (Å²) in [6.07, 6.45) is 1.57. The van der Waals surface area contributed by atoms with E-state index in [1.54, 1.807) is 19.2 Å². The Morgan fingerprint density at radius 2 is 2.00 bits per heavy atom. The van der Waals surface area contributed by atoms with Gasteiger partial charge in [0.25, 0.3) is 5.91 Å². The van der Waals surface area contributed by atoms with E-state index in [9.17, 15) is 22.4 Å². The Labute approximate surface area is 207 Å². The number of benzene rings is 1. The number of thiophene rings is 1. The van der Waals surface area contributed by atoms with Crippen molar-refractivity contribution in [2.24, 2.45) is 0 Å². The lowest BCUT2D eigenvalue weighted by Crippen LogP contribution is -2.41. The van der Waals surface area contributed by atoms with Crippen LogP contribution in [-0.4, -0.2) is 76.9 Å². The Balaban J connectivity index is 1.66. The van der Waals surface area contributed by atoms with Crippen molar-refractivity contribution < 1.29 is 22.4 Å². The van der Waals surface area contributed by atoms with Crippen LogP contribution in [0.4, 0.5) is 10.1 Å². The maximum atomic E-state index is 14.9. The van der Waals surface area contributed by atoms with Crippen LogP contribution in [0.1, 0.15) is 21.7 Å². The summed E-state index contributed by atoms with van der Waals surface area (Å²) in [6, 6.07) is 6.26. The summed E-state index contributed by atoms with van der Waals surface area (Å²) < 4.78 is 42.5. The summed E-state index contributed by atoms with van der Waals surface area (Å²) in [4.78, 5) is 30.6. The molecule has 1 saturated heterocycles. The molecule has 1 aromatic carbocycles. The highest BCUT2D eigenvalue weighted by Gasteiger charge is 2.36. The SMILES string of the molecule is CN(C)CCN(C)C(=O)c1ccc(N2CCC(NS(=O)(=O)/C=C/c3ccc(Cl)s3)C2=O)c(F)c1. The molecule has 1 atom stereocenters. The van der Waals surface area contributed by atoms with Gasteiger partial charge in [-0.15, -0.1) is 11.3 Å². The number of sulfonamides is 1. The summed E-state index contributed by atoms with van der Waals surface area (Å²) in [5, 5.41) is 0.971. The second-order valence-electron chi connectivity index (χ2n) is 8.13. The van der Waals surface area contributed by atoms with Crippen LogP contribution in [0, 0.1) is 5.82 Å². The van der Waals surface area contributed by atoms with Gasteiger partial charge in [0.2, 0.25) is 15.9 Å².